The van der Waals surface area contributed by atoms with E-state index >= 15 is 0 Å². The minimum Gasteiger partial charge on any atom is -0.329 e. The van der Waals surface area contributed by atoms with Crippen molar-refractivity contribution >= 4 is 8.24 Å². The van der Waals surface area contributed by atoms with Gasteiger partial charge in [0.05, 0.1) is 6.07 Å². The van der Waals surface area contributed by atoms with Crippen molar-refractivity contribution in [2.24, 2.45) is 5.41 Å². The Balaban J connectivity index is 4.09. The topological polar surface area (TPSA) is 27.0 Å². The molecule has 0 radical (unpaired) electrons. The number of nitriles is 1. The van der Waals surface area contributed by atoms with Gasteiger partial charge >= 0.3 is 0 Å². The molecular weight excluding hydrogens is 200 g/mol. The van der Waals surface area contributed by atoms with E-state index in [1.54, 1.807) is 0 Å². The number of nitrogens with zero attached hydrogens (tertiary/aromatic N) is 2. The monoisotopic (exact) mass is 226 g/mol. The summed E-state index contributed by atoms with van der Waals surface area (Å²) in [6.45, 7) is 9.38. The quantitative estimate of drug-likeness (QED) is 0.648. The van der Waals surface area contributed by atoms with Crippen LogP contribution >= 0.6 is 0 Å². The average Bonchev–Trinajstić information content (AvgIpc) is 2.12. The van der Waals surface area contributed by atoms with Gasteiger partial charge in [-0.2, -0.15) is 5.26 Å². The lowest BCUT2D eigenvalue weighted by Gasteiger charge is -2.34. The molecule has 0 aromatic rings. The molecule has 0 aromatic heterocycles. The highest BCUT2D eigenvalue weighted by molar-refractivity contribution is 6.74. The predicted molar refractivity (Wildman–Crippen MR) is 69.2 cm³/mol. The highest BCUT2D eigenvalue weighted by atomic mass is 28.3. The van der Waals surface area contributed by atoms with E-state index in [4.69, 9.17) is 5.26 Å². The Morgan fingerprint density at radius 1 is 1.20 bits per heavy atom. The Morgan fingerprint density at radius 2 is 1.73 bits per heavy atom. The fraction of sp³-hybridized carbons (Fsp3) is 0.917. The second-order valence-electron chi connectivity index (χ2n) is 6.03. The molecule has 0 amide bonds. The van der Waals surface area contributed by atoms with Crippen molar-refractivity contribution in [1.82, 2.24) is 4.57 Å². The lowest BCUT2D eigenvalue weighted by atomic mass is 9.85. The van der Waals surface area contributed by atoms with E-state index in [-0.39, 0.29) is 0 Å². The Labute approximate surface area is 96.4 Å². The Kier molecular flexibility index (Phi) is 5.54. The molecule has 0 atom stereocenters. The van der Waals surface area contributed by atoms with Gasteiger partial charge in [0.1, 0.15) is 8.24 Å². The zero-order chi connectivity index (χ0) is 12.1. The van der Waals surface area contributed by atoms with E-state index in [1.807, 2.05) is 0 Å². The minimum absolute atomic E-state index is 0.329. The van der Waals surface area contributed by atoms with Gasteiger partial charge in [-0.15, -0.1) is 0 Å². The summed E-state index contributed by atoms with van der Waals surface area (Å²) in [7, 11) is 3.20. The largest absolute Gasteiger partial charge is 0.329 e. The first kappa shape index (κ1) is 14.7. The molecule has 15 heavy (non-hydrogen) atoms. The van der Waals surface area contributed by atoms with E-state index in [9.17, 15) is 0 Å². The van der Waals surface area contributed by atoms with E-state index < -0.39 is 8.24 Å². The molecule has 0 aromatic carbocycles. The molecule has 0 N–H and O–H groups in total. The average molecular weight is 226 g/mol. The second-order valence-corrected chi connectivity index (χ2v) is 11.0. The lowest BCUT2D eigenvalue weighted by Crippen LogP contribution is -2.43. The van der Waals surface area contributed by atoms with Crippen LogP contribution in [-0.4, -0.2) is 26.9 Å². The molecule has 0 bridgehead atoms. The van der Waals surface area contributed by atoms with Crippen LogP contribution in [0.3, 0.4) is 0 Å². The van der Waals surface area contributed by atoms with Gasteiger partial charge in [-0.3, -0.25) is 0 Å². The van der Waals surface area contributed by atoms with Crippen molar-refractivity contribution in [3.05, 3.63) is 0 Å². The minimum atomic E-state index is -1.18. The summed E-state index contributed by atoms with van der Waals surface area (Å²) in [4.78, 5) is 0. The van der Waals surface area contributed by atoms with Gasteiger partial charge in [0.2, 0.25) is 0 Å². The Hall–Kier alpha value is -0.333. The fourth-order valence-corrected chi connectivity index (χ4v) is 3.12. The molecule has 0 aliphatic carbocycles. The number of hydrogen-bond donors (Lipinski definition) is 0. The maximum atomic E-state index is 8.60. The van der Waals surface area contributed by atoms with Crippen molar-refractivity contribution < 1.29 is 0 Å². The number of hydrogen-bond acceptors (Lipinski definition) is 2. The van der Waals surface area contributed by atoms with Crippen LogP contribution in [0.2, 0.25) is 19.1 Å². The van der Waals surface area contributed by atoms with Crippen molar-refractivity contribution in [3.8, 4) is 6.07 Å². The zero-order valence-corrected chi connectivity index (χ0v) is 12.2. The van der Waals surface area contributed by atoms with Crippen molar-refractivity contribution in [1.29, 1.82) is 5.26 Å². The van der Waals surface area contributed by atoms with Crippen LogP contribution < -0.4 is 0 Å². The first-order chi connectivity index (χ1) is 6.71. The van der Waals surface area contributed by atoms with Gasteiger partial charge in [-0.05, 0) is 38.4 Å². The van der Waals surface area contributed by atoms with Crippen molar-refractivity contribution in [3.63, 3.8) is 0 Å². The van der Waals surface area contributed by atoms with Crippen LogP contribution in [0.5, 0.6) is 0 Å². The van der Waals surface area contributed by atoms with Crippen LogP contribution in [0.4, 0.5) is 0 Å². The molecule has 2 nitrogen and oxygen atoms in total. The maximum Gasteiger partial charge on any atom is 0.121 e. The zero-order valence-electron chi connectivity index (χ0n) is 11.2. The normalized spacial score (nSPS) is 12.9. The molecule has 0 saturated heterocycles. The highest BCUT2D eigenvalue weighted by Crippen LogP contribution is 2.31. The third-order valence-corrected chi connectivity index (χ3v) is 7.43. The van der Waals surface area contributed by atoms with Crippen LogP contribution in [0.25, 0.3) is 0 Å². The van der Waals surface area contributed by atoms with Gasteiger partial charge in [-0.25, -0.2) is 0 Å². The first-order valence-electron chi connectivity index (χ1n) is 5.76. The second kappa shape index (κ2) is 5.67. The highest BCUT2D eigenvalue weighted by Gasteiger charge is 2.27. The molecule has 88 valence electrons. The summed E-state index contributed by atoms with van der Waals surface area (Å²) in [6.07, 6.45) is 2.96. The van der Waals surface area contributed by atoms with Gasteiger partial charge in [0, 0.05) is 6.42 Å². The molecule has 0 saturated carbocycles. The third-order valence-electron chi connectivity index (χ3n) is 3.54. The molecule has 0 aliphatic heterocycles. The van der Waals surface area contributed by atoms with Crippen molar-refractivity contribution in [2.45, 2.75) is 52.2 Å². The van der Waals surface area contributed by atoms with E-state index in [2.05, 4.69) is 51.7 Å². The standard InChI is InChI=1S/C12H26N2Si/c1-12(2,8-7-10-13)9-11-15(5,6)14(3)4/h7-9,11H2,1-6H3. The van der Waals surface area contributed by atoms with Gasteiger partial charge < -0.3 is 4.57 Å². The smallest absolute Gasteiger partial charge is 0.121 e. The molecule has 0 heterocycles. The van der Waals surface area contributed by atoms with Gasteiger partial charge in [-0.1, -0.05) is 26.9 Å². The molecule has 3 heteroatoms. The fourth-order valence-electron chi connectivity index (χ4n) is 1.39. The molecule has 0 rings (SSSR count). The summed E-state index contributed by atoms with van der Waals surface area (Å²) in [5, 5.41) is 8.60. The van der Waals surface area contributed by atoms with Crippen LogP contribution in [-0.2, 0) is 0 Å². The Morgan fingerprint density at radius 3 is 2.13 bits per heavy atom. The lowest BCUT2D eigenvalue weighted by molar-refractivity contribution is 0.322. The van der Waals surface area contributed by atoms with Crippen molar-refractivity contribution in [2.75, 3.05) is 14.1 Å². The number of rotatable bonds is 6. The first-order valence-corrected chi connectivity index (χ1v) is 8.91. The summed E-state index contributed by atoms with van der Waals surface area (Å²) in [5.74, 6) is 0. The predicted octanol–water partition coefficient (Wildman–Crippen LogP) is 3.47. The Bertz CT molecular complexity index is 226. The molecule has 0 fully saturated rings. The SMILES string of the molecule is CN(C)[Si](C)(C)CCC(C)(C)CCC#N. The van der Waals surface area contributed by atoms with Crippen LogP contribution in [0.1, 0.15) is 33.1 Å². The molecule has 0 spiro atoms. The summed E-state index contributed by atoms with van der Waals surface area (Å²) >= 11 is 0. The molecule has 0 unspecified atom stereocenters. The molecule has 0 aliphatic rings. The van der Waals surface area contributed by atoms with Crippen LogP contribution in [0.15, 0.2) is 0 Å². The summed E-state index contributed by atoms with van der Waals surface area (Å²) < 4.78 is 2.41. The van der Waals surface area contributed by atoms with Gasteiger partial charge in [0.25, 0.3) is 0 Å². The summed E-state index contributed by atoms with van der Waals surface area (Å²) in [5.41, 5.74) is 0.329. The third kappa shape index (κ3) is 5.96. The maximum absolute atomic E-state index is 8.60. The molecular formula is C12H26N2Si. The van der Waals surface area contributed by atoms with E-state index in [1.165, 1.54) is 12.5 Å². The van der Waals surface area contributed by atoms with E-state index in [0.29, 0.717) is 11.8 Å². The van der Waals surface area contributed by atoms with Gasteiger partial charge in [0.15, 0.2) is 0 Å². The van der Waals surface area contributed by atoms with Crippen LogP contribution in [0, 0.1) is 16.7 Å². The van der Waals surface area contributed by atoms with E-state index in [0.717, 1.165) is 6.42 Å². The summed E-state index contributed by atoms with van der Waals surface area (Å²) in [6, 6.07) is 3.56.